The van der Waals surface area contributed by atoms with Crippen molar-refractivity contribution >= 4 is 39.2 Å². The zero-order valence-electron chi connectivity index (χ0n) is 13.7. The number of fused-ring (bicyclic) bond motifs is 2. The van der Waals surface area contributed by atoms with Crippen LogP contribution in [0.15, 0.2) is 60.9 Å². The number of benzene rings is 2. The molecule has 0 saturated heterocycles. The van der Waals surface area contributed by atoms with Crippen LogP contribution in [0.1, 0.15) is 17.3 Å². The van der Waals surface area contributed by atoms with Crippen LogP contribution >= 0.6 is 0 Å². The number of para-hydroxylation sites is 1. The lowest BCUT2D eigenvalue weighted by molar-refractivity contribution is -0.116. The van der Waals surface area contributed by atoms with E-state index in [2.05, 4.69) is 10.3 Å². The van der Waals surface area contributed by atoms with E-state index in [0.29, 0.717) is 5.56 Å². The molecular formula is C20H17N3O2. The molecule has 0 aliphatic carbocycles. The second-order valence-corrected chi connectivity index (χ2v) is 6.07. The Balaban J connectivity index is 1.60. The van der Waals surface area contributed by atoms with Crippen molar-refractivity contribution in [3.63, 3.8) is 0 Å². The molecule has 0 aliphatic heterocycles. The van der Waals surface area contributed by atoms with Crippen molar-refractivity contribution in [3.05, 3.63) is 66.5 Å². The molecule has 5 heteroatoms. The van der Waals surface area contributed by atoms with Gasteiger partial charge in [-0.15, -0.1) is 0 Å². The molecule has 0 aliphatic rings. The minimum absolute atomic E-state index is 0.00623. The van der Waals surface area contributed by atoms with Gasteiger partial charge in [-0.25, -0.2) is 0 Å². The monoisotopic (exact) mass is 331 g/mol. The van der Waals surface area contributed by atoms with Crippen molar-refractivity contribution in [1.29, 1.82) is 0 Å². The molecule has 2 aromatic heterocycles. The number of hydrogen-bond donors (Lipinski definition) is 2. The Morgan fingerprint density at radius 1 is 1.12 bits per heavy atom. The van der Waals surface area contributed by atoms with Crippen LogP contribution in [0.5, 0.6) is 0 Å². The fourth-order valence-electron chi connectivity index (χ4n) is 3.14. The molecule has 0 atom stereocenters. The third-order valence-corrected chi connectivity index (χ3v) is 4.32. The highest BCUT2D eigenvalue weighted by molar-refractivity contribution is 6.07. The van der Waals surface area contributed by atoms with Gasteiger partial charge in [0, 0.05) is 45.5 Å². The van der Waals surface area contributed by atoms with E-state index in [-0.39, 0.29) is 18.2 Å². The van der Waals surface area contributed by atoms with Crippen molar-refractivity contribution in [3.8, 4) is 0 Å². The maximum atomic E-state index is 12.5. The molecule has 2 N–H and O–H groups in total. The average molecular weight is 331 g/mol. The minimum Gasteiger partial charge on any atom is -0.361 e. The Morgan fingerprint density at radius 2 is 1.96 bits per heavy atom. The standard InChI is InChI=1S/C20H17N3O2/c1-13(24)17-11-23(19-5-3-2-4-16(17)19)12-20(25)22-15-6-7-18-14(10-15)8-9-21-18/h2-11,21H,12H2,1H3,(H,22,25). The number of nitrogens with zero attached hydrogens (tertiary/aromatic N) is 1. The Labute approximate surface area is 144 Å². The third-order valence-electron chi connectivity index (χ3n) is 4.32. The summed E-state index contributed by atoms with van der Waals surface area (Å²) in [7, 11) is 0. The Kier molecular flexibility index (Phi) is 3.61. The van der Waals surface area contributed by atoms with Crippen molar-refractivity contribution in [1.82, 2.24) is 9.55 Å². The number of carbonyl (C=O) groups excluding carboxylic acids is 2. The molecule has 124 valence electrons. The smallest absolute Gasteiger partial charge is 0.244 e. The first kappa shape index (κ1) is 15.2. The van der Waals surface area contributed by atoms with Crippen LogP contribution in [0.4, 0.5) is 5.69 Å². The molecule has 4 rings (SSSR count). The molecule has 0 radical (unpaired) electrons. The molecule has 0 spiro atoms. The van der Waals surface area contributed by atoms with Crippen LogP contribution in [0.25, 0.3) is 21.8 Å². The van der Waals surface area contributed by atoms with Crippen LogP contribution in [-0.2, 0) is 11.3 Å². The van der Waals surface area contributed by atoms with Gasteiger partial charge in [0.2, 0.25) is 5.91 Å². The van der Waals surface area contributed by atoms with Crippen LogP contribution in [0.2, 0.25) is 0 Å². The first-order chi connectivity index (χ1) is 12.1. The topological polar surface area (TPSA) is 66.9 Å². The molecule has 5 nitrogen and oxygen atoms in total. The SMILES string of the molecule is CC(=O)c1cn(CC(=O)Nc2ccc3[nH]ccc3c2)c2ccccc12. The normalized spacial score (nSPS) is 11.1. The third kappa shape index (κ3) is 2.80. The Hall–Kier alpha value is -3.34. The maximum absolute atomic E-state index is 12.5. The predicted molar refractivity (Wildman–Crippen MR) is 98.9 cm³/mol. The molecule has 0 fully saturated rings. The summed E-state index contributed by atoms with van der Waals surface area (Å²) >= 11 is 0. The summed E-state index contributed by atoms with van der Waals surface area (Å²) in [6, 6.07) is 15.3. The summed E-state index contributed by atoms with van der Waals surface area (Å²) in [4.78, 5) is 27.4. The number of nitrogens with one attached hydrogen (secondary N) is 2. The van der Waals surface area contributed by atoms with Gasteiger partial charge in [0.25, 0.3) is 0 Å². The van der Waals surface area contributed by atoms with Gasteiger partial charge in [-0.3, -0.25) is 9.59 Å². The first-order valence-corrected chi connectivity index (χ1v) is 8.07. The van der Waals surface area contributed by atoms with Crippen molar-refractivity contribution in [2.75, 3.05) is 5.32 Å². The number of rotatable bonds is 4. The molecule has 2 aromatic carbocycles. The van der Waals surface area contributed by atoms with E-state index in [9.17, 15) is 9.59 Å². The molecule has 4 aromatic rings. The molecule has 2 heterocycles. The van der Waals surface area contributed by atoms with E-state index in [4.69, 9.17) is 0 Å². The summed E-state index contributed by atoms with van der Waals surface area (Å²) in [6.07, 6.45) is 3.62. The van der Waals surface area contributed by atoms with E-state index >= 15 is 0 Å². The highest BCUT2D eigenvalue weighted by Crippen LogP contribution is 2.22. The van der Waals surface area contributed by atoms with E-state index in [1.807, 2.05) is 59.3 Å². The number of anilines is 1. The van der Waals surface area contributed by atoms with Crippen LogP contribution in [0.3, 0.4) is 0 Å². The second kappa shape index (κ2) is 5.94. The quantitative estimate of drug-likeness (QED) is 0.556. The van der Waals surface area contributed by atoms with Crippen molar-refractivity contribution in [2.45, 2.75) is 13.5 Å². The van der Waals surface area contributed by atoms with Gasteiger partial charge in [0.05, 0.1) is 0 Å². The number of H-pyrrole nitrogens is 1. The van der Waals surface area contributed by atoms with Gasteiger partial charge in [-0.1, -0.05) is 18.2 Å². The summed E-state index contributed by atoms with van der Waals surface area (Å²) in [5.74, 6) is -0.140. The first-order valence-electron chi connectivity index (χ1n) is 8.07. The van der Waals surface area contributed by atoms with Gasteiger partial charge in [-0.2, -0.15) is 0 Å². The summed E-state index contributed by atoms with van der Waals surface area (Å²) in [5, 5.41) is 4.83. The van der Waals surface area contributed by atoms with Gasteiger partial charge in [0.15, 0.2) is 5.78 Å². The molecule has 1 amide bonds. The van der Waals surface area contributed by atoms with Gasteiger partial charge in [-0.05, 0) is 37.3 Å². The van der Waals surface area contributed by atoms with Gasteiger partial charge < -0.3 is 14.9 Å². The van der Waals surface area contributed by atoms with E-state index in [0.717, 1.165) is 27.5 Å². The van der Waals surface area contributed by atoms with Gasteiger partial charge >= 0.3 is 0 Å². The fourth-order valence-corrected chi connectivity index (χ4v) is 3.14. The van der Waals surface area contributed by atoms with Crippen molar-refractivity contribution < 1.29 is 9.59 Å². The zero-order valence-corrected chi connectivity index (χ0v) is 13.7. The van der Waals surface area contributed by atoms with E-state index in [1.165, 1.54) is 6.92 Å². The molecule has 0 bridgehead atoms. The lowest BCUT2D eigenvalue weighted by Gasteiger charge is -2.07. The zero-order chi connectivity index (χ0) is 17.4. The van der Waals surface area contributed by atoms with Crippen LogP contribution < -0.4 is 5.32 Å². The lowest BCUT2D eigenvalue weighted by atomic mass is 10.1. The fraction of sp³-hybridized carbons (Fsp3) is 0.100. The number of Topliss-reactive ketones (excluding diaryl/α,β-unsaturated/α-hetero) is 1. The van der Waals surface area contributed by atoms with Crippen LogP contribution in [0, 0.1) is 0 Å². The predicted octanol–water partition coefficient (Wildman–Crippen LogP) is 3.96. The highest BCUT2D eigenvalue weighted by atomic mass is 16.2. The number of aromatic nitrogens is 2. The summed E-state index contributed by atoms with van der Waals surface area (Å²) in [5.41, 5.74) is 3.29. The second-order valence-electron chi connectivity index (χ2n) is 6.07. The number of carbonyl (C=O) groups is 2. The lowest BCUT2D eigenvalue weighted by Crippen LogP contribution is -2.18. The number of aromatic amines is 1. The summed E-state index contributed by atoms with van der Waals surface area (Å²) < 4.78 is 1.82. The Morgan fingerprint density at radius 3 is 2.80 bits per heavy atom. The van der Waals surface area contributed by atoms with E-state index < -0.39 is 0 Å². The van der Waals surface area contributed by atoms with Crippen molar-refractivity contribution in [2.24, 2.45) is 0 Å². The molecule has 25 heavy (non-hydrogen) atoms. The molecule has 0 unspecified atom stereocenters. The largest absolute Gasteiger partial charge is 0.361 e. The van der Waals surface area contributed by atoms with Gasteiger partial charge in [0.1, 0.15) is 6.54 Å². The minimum atomic E-state index is -0.134. The molecule has 0 saturated carbocycles. The number of amides is 1. The molecular weight excluding hydrogens is 314 g/mol. The van der Waals surface area contributed by atoms with E-state index in [1.54, 1.807) is 6.20 Å². The maximum Gasteiger partial charge on any atom is 0.244 e. The highest BCUT2D eigenvalue weighted by Gasteiger charge is 2.13. The average Bonchev–Trinajstić information content (AvgIpc) is 3.19. The number of ketones is 1. The number of hydrogen-bond acceptors (Lipinski definition) is 2. The Bertz CT molecular complexity index is 1100. The summed E-state index contributed by atoms with van der Waals surface area (Å²) in [6.45, 7) is 1.69. The van der Waals surface area contributed by atoms with Crippen LogP contribution in [-0.4, -0.2) is 21.2 Å².